The molecular formula is C13H15BrN2. The van der Waals surface area contributed by atoms with Gasteiger partial charge in [-0.3, -0.25) is 9.88 Å². The molecule has 1 aromatic rings. The Kier molecular flexibility index (Phi) is 2.60. The van der Waals surface area contributed by atoms with Gasteiger partial charge in [0.15, 0.2) is 0 Å². The van der Waals surface area contributed by atoms with Gasteiger partial charge in [0.05, 0.1) is 0 Å². The van der Waals surface area contributed by atoms with Crippen LogP contribution in [0, 0.1) is 0 Å². The van der Waals surface area contributed by atoms with Crippen LogP contribution in [0.2, 0.25) is 0 Å². The van der Waals surface area contributed by atoms with Crippen molar-refractivity contribution < 1.29 is 0 Å². The summed E-state index contributed by atoms with van der Waals surface area (Å²) in [5.74, 6) is 0. The van der Waals surface area contributed by atoms with Crippen LogP contribution in [0.4, 0.5) is 0 Å². The number of halogens is 1. The summed E-state index contributed by atoms with van der Waals surface area (Å²) in [4.78, 5) is 6.78. The van der Waals surface area contributed by atoms with E-state index in [9.17, 15) is 0 Å². The van der Waals surface area contributed by atoms with E-state index < -0.39 is 0 Å². The van der Waals surface area contributed by atoms with Crippen molar-refractivity contribution in [3.8, 4) is 0 Å². The molecule has 0 spiro atoms. The summed E-state index contributed by atoms with van der Waals surface area (Å²) in [6, 6.07) is 3.55. The number of likely N-dealkylation sites (N-methyl/N-ethyl adjacent to an activating group) is 1. The maximum absolute atomic E-state index is 4.26. The van der Waals surface area contributed by atoms with Gasteiger partial charge in [-0.25, -0.2) is 0 Å². The lowest BCUT2D eigenvalue weighted by Crippen LogP contribution is -2.35. The molecule has 2 bridgehead atoms. The van der Waals surface area contributed by atoms with Gasteiger partial charge in [-0.15, -0.1) is 0 Å². The maximum atomic E-state index is 4.26. The summed E-state index contributed by atoms with van der Waals surface area (Å²) in [5, 5.41) is 0. The van der Waals surface area contributed by atoms with E-state index in [0.717, 1.165) is 10.5 Å². The van der Waals surface area contributed by atoms with Crippen molar-refractivity contribution in [1.82, 2.24) is 9.88 Å². The standard InChI is InChI=1S/C13H15BrN2/c1-16-11-2-4-12(13(16)5-3-11)9-6-10(14)8-15-7-9/h4,6-8,11,13H,2-3,5H2,1H3. The zero-order chi connectivity index (χ0) is 11.1. The Morgan fingerprint density at radius 3 is 3.06 bits per heavy atom. The lowest BCUT2D eigenvalue weighted by atomic mass is 9.96. The molecule has 3 rings (SSSR count). The number of aromatic nitrogens is 1. The van der Waals surface area contributed by atoms with E-state index in [1.807, 2.05) is 12.4 Å². The van der Waals surface area contributed by atoms with Gasteiger partial charge in [-0.2, -0.15) is 0 Å². The highest BCUT2D eigenvalue weighted by atomic mass is 79.9. The molecule has 2 atom stereocenters. The van der Waals surface area contributed by atoms with Gasteiger partial charge in [0.25, 0.3) is 0 Å². The zero-order valence-electron chi connectivity index (χ0n) is 9.36. The average Bonchev–Trinajstić information content (AvgIpc) is 2.52. The van der Waals surface area contributed by atoms with Crippen LogP contribution in [0.1, 0.15) is 24.8 Å². The Bertz CT molecular complexity index is 441. The summed E-state index contributed by atoms with van der Waals surface area (Å²) < 4.78 is 1.06. The van der Waals surface area contributed by atoms with Crippen LogP contribution in [0.25, 0.3) is 5.57 Å². The van der Waals surface area contributed by atoms with Crippen molar-refractivity contribution in [2.24, 2.45) is 0 Å². The molecule has 0 N–H and O–H groups in total. The van der Waals surface area contributed by atoms with Crippen LogP contribution in [0.5, 0.6) is 0 Å². The highest BCUT2D eigenvalue weighted by Gasteiger charge is 2.35. The predicted molar refractivity (Wildman–Crippen MR) is 69.1 cm³/mol. The predicted octanol–water partition coefficient (Wildman–Crippen LogP) is 3.09. The molecule has 1 aromatic heterocycles. The number of pyridine rings is 1. The Hall–Kier alpha value is -0.670. The smallest absolute Gasteiger partial charge is 0.0410 e. The summed E-state index contributed by atoms with van der Waals surface area (Å²) in [5.41, 5.74) is 2.73. The van der Waals surface area contributed by atoms with E-state index >= 15 is 0 Å². The van der Waals surface area contributed by atoms with E-state index in [1.165, 1.54) is 30.4 Å². The van der Waals surface area contributed by atoms with Crippen LogP contribution < -0.4 is 0 Å². The maximum Gasteiger partial charge on any atom is 0.0410 e. The van der Waals surface area contributed by atoms with Gasteiger partial charge >= 0.3 is 0 Å². The Balaban J connectivity index is 1.99. The molecule has 0 saturated carbocycles. The Morgan fingerprint density at radius 1 is 1.38 bits per heavy atom. The van der Waals surface area contributed by atoms with Crippen molar-refractivity contribution >= 4 is 21.5 Å². The van der Waals surface area contributed by atoms with Gasteiger partial charge in [-0.1, -0.05) is 6.08 Å². The molecule has 0 aliphatic carbocycles. The summed E-state index contributed by atoms with van der Waals surface area (Å²) in [6.07, 6.45) is 10.0. The summed E-state index contributed by atoms with van der Waals surface area (Å²) in [6.45, 7) is 0. The second-order valence-corrected chi connectivity index (χ2v) is 5.62. The third kappa shape index (κ3) is 1.62. The molecule has 2 aliphatic heterocycles. The first kappa shape index (κ1) is 10.5. The Labute approximate surface area is 104 Å². The summed E-state index contributed by atoms with van der Waals surface area (Å²) >= 11 is 3.49. The Morgan fingerprint density at radius 2 is 2.25 bits per heavy atom. The first-order chi connectivity index (χ1) is 7.75. The van der Waals surface area contributed by atoms with Crippen LogP contribution in [-0.4, -0.2) is 29.0 Å². The third-order valence-electron chi connectivity index (χ3n) is 3.85. The van der Waals surface area contributed by atoms with Crippen molar-refractivity contribution in [1.29, 1.82) is 0 Å². The summed E-state index contributed by atoms with van der Waals surface area (Å²) in [7, 11) is 2.25. The minimum atomic E-state index is 0.606. The topological polar surface area (TPSA) is 16.1 Å². The van der Waals surface area contributed by atoms with Gasteiger partial charge < -0.3 is 0 Å². The largest absolute Gasteiger partial charge is 0.296 e. The van der Waals surface area contributed by atoms with Gasteiger partial charge in [0.2, 0.25) is 0 Å². The molecular weight excluding hydrogens is 264 g/mol. The van der Waals surface area contributed by atoms with Gasteiger partial charge in [0.1, 0.15) is 0 Å². The first-order valence-electron chi connectivity index (χ1n) is 5.78. The van der Waals surface area contributed by atoms with Crippen molar-refractivity contribution in [2.75, 3.05) is 7.05 Å². The van der Waals surface area contributed by atoms with E-state index in [-0.39, 0.29) is 0 Å². The number of rotatable bonds is 1. The van der Waals surface area contributed by atoms with Gasteiger partial charge in [0, 0.05) is 29.0 Å². The molecule has 2 unspecified atom stereocenters. The minimum absolute atomic E-state index is 0.606. The minimum Gasteiger partial charge on any atom is -0.296 e. The van der Waals surface area contributed by atoms with Crippen LogP contribution in [0.15, 0.2) is 29.0 Å². The molecule has 2 nitrogen and oxygen atoms in total. The lowest BCUT2D eigenvalue weighted by molar-refractivity contribution is 0.267. The highest BCUT2D eigenvalue weighted by molar-refractivity contribution is 9.10. The van der Waals surface area contributed by atoms with Gasteiger partial charge in [-0.05, 0) is 59.4 Å². The molecule has 1 saturated heterocycles. The van der Waals surface area contributed by atoms with Crippen LogP contribution in [0.3, 0.4) is 0 Å². The fourth-order valence-corrected chi connectivity index (χ4v) is 3.31. The highest BCUT2D eigenvalue weighted by Crippen LogP contribution is 2.38. The van der Waals surface area contributed by atoms with Crippen molar-refractivity contribution in [3.05, 3.63) is 34.6 Å². The number of hydrogen-bond donors (Lipinski definition) is 0. The quantitative estimate of drug-likeness (QED) is 0.785. The second-order valence-electron chi connectivity index (χ2n) is 4.70. The number of hydrogen-bond acceptors (Lipinski definition) is 2. The molecule has 16 heavy (non-hydrogen) atoms. The van der Waals surface area contributed by atoms with E-state index in [4.69, 9.17) is 0 Å². The first-order valence-corrected chi connectivity index (χ1v) is 6.58. The van der Waals surface area contributed by atoms with Crippen molar-refractivity contribution in [2.45, 2.75) is 31.3 Å². The molecule has 0 aromatic carbocycles. The molecule has 3 heterocycles. The van der Waals surface area contributed by atoms with E-state index in [1.54, 1.807) is 0 Å². The third-order valence-corrected chi connectivity index (χ3v) is 4.28. The lowest BCUT2D eigenvalue weighted by Gasteiger charge is -2.31. The monoisotopic (exact) mass is 278 g/mol. The van der Waals surface area contributed by atoms with Crippen LogP contribution >= 0.6 is 15.9 Å². The normalized spacial score (nSPS) is 29.2. The fourth-order valence-electron chi connectivity index (χ4n) is 2.95. The molecule has 3 heteroatoms. The zero-order valence-corrected chi connectivity index (χ0v) is 10.9. The molecule has 0 amide bonds. The van der Waals surface area contributed by atoms with Crippen LogP contribution in [-0.2, 0) is 0 Å². The van der Waals surface area contributed by atoms with E-state index in [0.29, 0.717) is 6.04 Å². The van der Waals surface area contributed by atoms with E-state index in [2.05, 4.69) is 45.0 Å². The van der Waals surface area contributed by atoms with Crippen molar-refractivity contribution in [3.63, 3.8) is 0 Å². The second kappa shape index (κ2) is 3.97. The molecule has 0 radical (unpaired) electrons. The fraction of sp³-hybridized carbons (Fsp3) is 0.462. The average molecular weight is 279 g/mol. The SMILES string of the molecule is CN1C2CC=C(c3cncc(Br)c3)C1CC2. The number of nitrogens with zero attached hydrogens (tertiary/aromatic N) is 2. The molecule has 84 valence electrons. The molecule has 2 aliphatic rings. The number of fused-ring (bicyclic) bond motifs is 2. The molecule has 1 fully saturated rings.